The van der Waals surface area contributed by atoms with Gasteiger partial charge in [-0.05, 0) is 118 Å². The van der Waals surface area contributed by atoms with Gasteiger partial charge in [0.05, 0.1) is 0 Å². The molecule has 44 heavy (non-hydrogen) atoms. The van der Waals surface area contributed by atoms with Crippen molar-refractivity contribution in [2.24, 2.45) is 0 Å². The van der Waals surface area contributed by atoms with Gasteiger partial charge < -0.3 is 5.53 Å². The van der Waals surface area contributed by atoms with Crippen molar-refractivity contribution in [1.82, 2.24) is 0 Å². The summed E-state index contributed by atoms with van der Waals surface area (Å²) in [5, 5.41) is 4.35. The van der Waals surface area contributed by atoms with Crippen LogP contribution in [0.25, 0.3) is 16.9 Å². The van der Waals surface area contributed by atoms with E-state index in [-0.39, 0.29) is 0 Å². The number of allylic oxidation sites excluding steroid dienone is 2. The van der Waals surface area contributed by atoms with E-state index in [1.807, 2.05) is 0 Å². The summed E-state index contributed by atoms with van der Waals surface area (Å²) in [6, 6.07) is 14.3. The van der Waals surface area contributed by atoms with Crippen molar-refractivity contribution in [2.75, 3.05) is 0 Å². The first-order valence-corrected chi connectivity index (χ1v) is 20.9. The maximum absolute atomic E-state index is 12.1. The molecule has 0 bridgehead atoms. The van der Waals surface area contributed by atoms with E-state index in [4.69, 9.17) is 0 Å². The first kappa shape index (κ1) is 38.4. The summed E-state index contributed by atoms with van der Waals surface area (Å²) in [6.45, 7) is 13.6. The number of benzene rings is 2. The molecule has 0 atom stereocenters. The fraction of sp³-hybridized carbons (Fsp3) is 0.610. The molecule has 1 aliphatic rings. The molecule has 2 aromatic rings. The van der Waals surface area contributed by atoms with Gasteiger partial charge in [-0.2, -0.15) is 0 Å². The molecule has 0 saturated carbocycles. The second kappa shape index (κ2) is 21.8. The van der Waals surface area contributed by atoms with Crippen LogP contribution in [0.5, 0.6) is 0 Å². The maximum atomic E-state index is 12.1. The van der Waals surface area contributed by atoms with E-state index >= 15 is 0 Å². The number of hydrogen-bond acceptors (Lipinski definition) is 0. The van der Waals surface area contributed by atoms with E-state index in [0.29, 0.717) is 0 Å². The minimum absolute atomic E-state index is 0.950. The predicted octanol–water partition coefficient (Wildman–Crippen LogP) is 13.4. The molecule has 0 amide bonds. The van der Waals surface area contributed by atoms with Gasteiger partial charge in [0.25, 0.3) is 0 Å². The van der Waals surface area contributed by atoms with Gasteiger partial charge in [-0.3, -0.25) is 0 Å². The molecule has 0 spiro atoms. The van der Waals surface area contributed by atoms with Crippen molar-refractivity contribution in [2.45, 2.75) is 161 Å². The Balaban J connectivity index is 0.00000216. The molecule has 3 rings (SSSR count). The standard InChI is InChI=1S/C39H58N2.2CH3.Pd/c1-7-12-17-21-33-24-31(19-14-9-3)26-35(27-33)38-30(6)37(23-16-11-5)39(41(38)40)36-28-32(20-15-10-4)25-34(29-36)22-18-13-8-2;;;/h24-29H,7-23H2,1-6H3;2*1H3;. The summed E-state index contributed by atoms with van der Waals surface area (Å²) >= 11 is 0.950. The second-order valence-electron chi connectivity index (χ2n) is 12.7. The SMILES string of the molecule is CCCCCc1cc(CCCC)cc(C2=C(C)C(CCCC)=C(c3cc(CCCC)cc(CCCCC)c3)[N+]2=[N-])c1.[CH3][Pd][CH3]. The molecule has 0 saturated heterocycles. The molecule has 3 heteroatoms. The molecule has 0 aliphatic carbocycles. The molecule has 248 valence electrons. The summed E-state index contributed by atoms with van der Waals surface area (Å²) in [4.78, 5) is 0. The summed E-state index contributed by atoms with van der Waals surface area (Å²) in [5.74, 6) is 0. The van der Waals surface area contributed by atoms with Crippen LogP contribution < -0.4 is 0 Å². The first-order valence-electron chi connectivity index (χ1n) is 17.8. The van der Waals surface area contributed by atoms with Crippen LogP contribution in [0.3, 0.4) is 0 Å². The molecule has 0 fully saturated rings. The van der Waals surface area contributed by atoms with Crippen LogP contribution in [0.4, 0.5) is 0 Å². The number of nitrogens with zero attached hydrogens (tertiary/aromatic N) is 2. The molecule has 0 aromatic heterocycles. The second-order valence-corrected chi connectivity index (χ2v) is 14.3. The van der Waals surface area contributed by atoms with Crippen molar-refractivity contribution in [3.63, 3.8) is 0 Å². The van der Waals surface area contributed by atoms with Crippen molar-refractivity contribution >= 4 is 11.4 Å². The van der Waals surface area contributed by atoms with Gasteiger partial charge in [0, 0.05) is 22.3 Å². The predicted molar refractivity (Wildman–Crippen MR) is 191 cm³/mol. The Bertz CT molecular complexity index is 1220. The molecule has 0 unspecified atom stereocenters. The van der Waals surface area contributed by atoms with E-state index in [9.17, 15) is 5.53 Å². The van der Waals surface area contributed by atoms with Crippen LogP contribution in [0, 0.1) is 0 Å². The van der Waals surface area contributed by atoms with Gasteiger partial charge in [0.15, 0.2) is 0 Å². The van der Waals surface area contributed by atoms with Crippen LogP contribution in [0.1, 0.15) is 158 Å². The van der Waals surface area contributed by atoms with Crippen molar-refractivity contribution in [3.8, 4) is 0 Å². The van der Waals surface area contributed by atoms with Crippen LogP contribution in [-0.4, -0.2) is 4.70 Å². The van der Waals surface area contributed by atoms with Crippen LogP contribution in [0.15, 0.2) is 47.5 Å². The van der Waals surface area contributed by atoms with Gasteiger partial charge in [-0.15, -0.1) is 0 Å². The van der Waals surface area contributed by atoms with Crippen LogP contribution in [0.2, 0.25) is 10.8 Å². The fourth-order valence-electron chi connectivity index (χ4n) is 6.31. The summed E-state index contributed by atoms with van der Waals surface area (Å²) in [6.07, 6.45) is 20.0. The van der Waals surface area contributed by atoms with Gasteiger partial charge in [0.1, 0.15) is 0 Å². The Morgan fingerprint density at radius 3 is 1.23 bits per heavy atom. The Hall–Kier alpha value is -1.82. The zero-order valence-electron chi connectivity index (χ0n) is 29.7. The Morgan fingerprint density at radius 1 is 0.500 bits per heavy atom. The number of rotatable bonds is 19. The third kappa shape index (κ3) is 11.8. The van der Waals surface area contributed by atoms with Gasteiger partial charge in [0.2, 0.25) is 11.4 Å². The van der Waals surface area contributed by atoms with Crippen molar-refractivity contribution in [1.29, 1.82) is 0 Å². The third-order valence-corrected chi connectivity index (χ3v) is 8.73. The van der Waals surface area contributed by atoms with Gasteiger partial charge >= 0.3 is 28.8 Å². The zero-order valence-corrected chi connectivity index (χ0v) is 31.3. The van der Waals surface area contributed by atoms with E-state index in [2.05, 4.69) is 88.7 Å². The van der Waals surface area contributed by atoms with Crippen LogP contribution in [-0.2, 0) is 43.7 Å². The Morgan fingerprint density at radius 2 is 0.841 bits per heavy atom. The normalized spacial score (nSPS) is 13.2. The molecule has 2 nitrogen and oxygen atoms in total. The van der Waals surface area contributed by atoms with Gasteiger partial charge in [-0.1, -0.05) is 91.7 Å². The molecule has 1 heterocycles. The topological polar surface area (TPSA) is 25.3 Å². The minimum atomic E-state index is 0.950. The fourth-order valence-corrected chi connectivity index (χ4v) is 6.31. The summed E-state index contributed by atoms with van der Waals surface area (Å²) < 4.78 is 1.57. The Labute approximate surface area is 280 Å². The monoisotopic (exact) mass is 690 g/mol. The summed E-state index contributed by atoms with van der Waals surface area (Å²) in [7, 11) is 0. The van der Waals surface area contributed by atoms with Crippen molar-refractivity contribution < 1.29 is 22.7 Å². The molecular weight excluding hydrogens is 627 g/mol. The van der Waals surface area contributed by atoms with E-state index < -0.39 is 0 Å². The molecule has 0 N–H and O–H groups in total. The number of hydrogen-bond donors (Lipinski definition) is 0. The number of unbranched alkanes of at least 4 members (excludes halogenated alkanes) is 7. The third-order valence-electron chi connectivity index (χ3n) is 8.73. The Kier molecular flexibility index (Phi) is 19.0. The summed E-state index contributed by atoms with van der Waals surface area (Å²) in [5.41, 5.74) is 24.7. The molecular formula is C41H64N2Pd. The first-order chi connectivity index (χ1) is 21.4. The molecule has 0 radical (unpaired) electrons. The van der Waals surface area contributed by atoms with E-state index in [1.54, 1.807) is 4.70 Å². The average Bonchev–Trinajstić information content (AvgIpc) is 3.26. The number of aryl methyl sites for hydroxylation is 4. The van der Waals surface area contributed by atoms with Gasteiger partial charge in [-0.25, -0.2) is 4.70 Å². The van der Waals surface area contributed by atoms with E-state index in [0.717, 1.165) is 74.3 Å². The zero-order chi connectivity index (χ0) is 32.3. The van der Waals surface area contributed by atoms with E-state index in [1.165, 1.54) is 109 Å². The molecule has 1 aliphatic heterocycles. The van der Waals surface area contributed by atoms with Crippen molar-refractivity contribution in [3.05, 3.63) is 86.5 Å². The quantitative estimate of drug-likeness (QED) is 0.0796. The average molecular weight is 691 g/mol. The van der Waals surface area contributed by atoms with Crippen LogP contribution >= 0.6 is 0 Å². The molecule has 2 aromatic carbocycles.